The minimum Gasteiger partial charge on any atom is -0.489 e. The van der Waals surface area contributed by atoms with Crippen molar-refractivity contribution in [3.8, 4) is 5.75 Å². The van der Waals surface area contributed by atoms with Crippen molar-refractivity contribution in [3.63, 3.8) is 0 Å². The first-order chi connectivity index (χ1) is 13.6. The van der Waals surface area contributed by atoms with Crippen LogP contribution in [0.15, 0.2) is 52.5 Å². The van der Waals surface area contributed by atoms with Gasteiger partial charge in [0, 0.05) is 52.7 Å². The quantitative estimate of drug-likeness (QED) is 0.373. The van der Waals surface area contributed by atoms with Gasteiger partial charge < -0.3 is 24.4 Å². The molecule has 1 aliphatic heterocycles. The number of ether oxygens (including phenoxy) is 1. The number of piperazine rings is 1. The van der Waals surface area contributed by atoms with Gasteiger partial charge in [0.2, 0.25) is 0 Å². The maximum Gasteiger partial charge on any atom is 0.293 e. The van der Waals surface area contributed by atoms with Crippen molar-refractivity contribution in [2.75, 3.05) is 44.7 Å². The zero-order chi connectivity index (χ0) is 19.9. The number of aliphatic imine (C=N–C) groups is 1. The van der Waals surface area contributed by atoms with Crippen molar-refractivity contribution >= 4 is 35.8 Å². The van der Waals surface area contributed by atoms with Gasteiger partial charge in [-0.1, -0.05) is 18.2 Å². The second-order valence-electron chi connectivity index (χ2n) is 6.81. The van der Waals surface area contributed by atoms with E-state index in [9.17, 15) is 4.79 Å². The summed E-state index contributed by atoms with van der Waals surface area (Å²) in [6.45, 7) is 5.68. The van der Waals surface area contributed by atoms with Crippen LogP contribution in [0.4, 0.5) is 5.82 Å². The Bertz CT molecular complexity index is 850. The summed E-state index contributed by atoms with van der Waals surface area (Å²) in [6, 6.07) is 9.79. The van der Waals surface area contributed by atoms with E-state index in [1.54, 1.807) is 31.1 Å². The fourth-order valence-electron chi connectivity index (χ4n) is 3.17. The number of para-hydroxylation sites is 1. The molecule has 9 heteroatoms. The van der Waals surface area contributed by atoms with Gasteiger partial charge in [-0.2, -0.15) is 0 Å². The molecule has 1 saturated heterocycles. The van der Waals surface area contributed by atoms with E-state index in [0.717, 1.165) is 37.9 Å². The molecule has 2 heterocycles. The fraction of sp³-hybridized carbons (Fsp3) is 0.450. The Labute approximate surface area is 188 Å². The van der Waals surface area contributed by atoms with E-state index in [-0.39, 0.29) is 35.6 Å². The van der Waals surface area contributed by atoms with Gasteiger partial charge in [0.25, 0.3) is 5.56 Å². The Hall–Kier alpha value is -2.30. The molecule has 3 rings (SSSR count). The van der Waals surface area contributed by atoms with Crippen LogP contribution >= 0.6 is 24.0 Å². The summed E-state index contributed by atoms with van der Waals surface area (Å²) in [5.41, 5.74) is -0.0645. The molecule has 1 N–H and O–H groups in total. The molecule has 8 nitrogen and oxygen atoms in total. The summed E-state index contributed by atoms with van der Waals surface area (Å²) in [6.07, 6.45) is 3.35. The van der Waals surface area contributed by atoms with Gasteiger partial charge in [-0.15, -0.1) is 24.0 Å². The Balaban J connectivity index is 0.00000300. The molecule has 0 amide bonds. The number of hydrogen-bond donors (Lipinski definition) is 1. The van der Waals surface area contributed by atoms with Crippen molar-refractivity contribution in [1.29, 1.82) is 0 Å². The first-order valence-electron chi connectivity index (χ1n) is 9.52. The van der Waals surface area contributed by atoms with Crippen LogP contribution in [0.2, 0.25) is 0 Å². The van der Waals surface area contributed by atoms with E-state index in [1.165, 1.54) is 0 Å². The highest BCUT2D eigenvalue weighted by Gasteiger charge is 2.22. The molecular weight excluding hydrogens is 483 g/mol. The Morgan fingerprint density at radius 1 is 1.24 bits per heavy atom. The van der Waals surface area contributed by atoms with Crippen molar-refractivity contribution in [2.24, 2.45) is 12.0 Å². The molecule has 1 aromatic carbocycles. The van der Waals surface area contributed by atoms with Crippen LogP contribution < -0.4 is 20.5 Å². The van der Waals surface area contributed by atoms with Crippen LogP contribution in [0.3, 0.4) is 0 Å². The Morgan fingerprint density at radius 3 is 2.59 bits per heavy atom. The molecule has 0 spiro atoms. The lowest BCUT2D eigenvalue weighted by Gasteiger charge is -2.37. The number of halogens is 1. The fourth-order valence-corrected chi connectivity index (χ4v) is 3.17. The van der Waals surface area contributed by atoms with Crippen LogP contribution in [-0.2, 0) is 7.05 Å². The minimum atomic E-state index is -0.0645. The average molecular weight is 512 g/mol. The number of nitrogens with zero attached hydrogens (tertiary/aromatic N) is 5. The summed E-state index contributed by atoms with van der Waals surface area (Å²) >= 11 is 0. The molecule has 1 atom stereocenters. The number of aromatic nitrogens is 2. The van der Waals surface area contributed by atoms with Gasteiger partial charge in [0.05, 0.1) is 6.54 Å². The third-order valence-electron chi connectivity index (χ3n) is 4.72. The lowest BCUT2D eigenvalue weighted by molar-refractivity contribution is 0.221. The van der Waals surface area contributed by atoms with Crippen molar-refractivity contribution in [2.45, 2.75) is 13.0 Å². The van der Waals surface area contributed by atoms with Crippen LogP contribution in [0.1, 0.15) is 6.92 Å². The van der Waals surface area contributed by atoms with Gasteiger partial charge in [-0.05, 0) is 19.1 Å². The second-order valence-corrected chi connectivity index (χ2v) is 6.81. The zero-order valence-corrected chi connectivity index (χ0v) is 19.4. The van der Waals surface area contributed by atoms with E-state index in [4.69, 9.17) is 4.74 Å². The van der Waals surface area contributed by atoms with Gasteiger partial charge in [-0.25, -0.2) is 4.98 Å². The summed E-state index contributed by atoms with van der Waals surface area (Å²) in [7, 11) is 3.53. The first kappa shape index (κ1) is 23.0. The van der Waals surface area contributed by atoms with Gasteiger partial charge in [-0.3, -0.25) is 9.79 Å². The molecule has 0 radical (unpaired) electrons. The maximum absolute atomic E-state index is 12.3. The smallest absolute Gasteiger partial charge is 0.293 e. The van der Waals surface area contributed by atoms with Crippen molar-refractivity contribution < 1.29 is 4.74 Å². The molecule has 0 saturated carbocycles. The Morgan fingerprint density at radius 2 is 1.93 bits per heavy atom. The largest absolute Gasteiger partial charge is 0.489 e. The molecule has 0 bridgehead atoms. The minimum absolute atomic E-state index is 0. The molecule has 158 valence electrons. The van der Waals surface area contributed by atoms with Crippen LogP contribution in [0.5, 0.6) is 5.75 Å². The van der Waals surface area contributed by atoms with E-state index in [2.05, 4.69) is 20.2 Å². The summed E-state index contributed by atoms with van der Waals surface area (Å²) in [5, 5.41) is 3.39. The molecule has 29 heavy (non-hydrogen) atoms. The average Bonchev–Trinajstić information content (AvgIpc) is 2.72. The SMILES string of the molecule is CN=C(NCC(C)Oc1ccccc1)N1CCN(c2nccn(C)c2=O)CC1.I. The molecule has 1 unspecified atom stereocenters. The lowest BCUT2D eigenvalue weighted by Crippen LogP contribution is -2.54. The molecular formula is C20H29IN6O2. The summed E-state index contributed by atoms with van der Waals surface area (Å²) in [5.74, 6) is 2.21. The normalized spacial score (nSPS) is 15.5. The number of benzene rings is 1. The van der Waals surface area contributed by atoms with Crippen molar-refractivity contribution in [1.82, 2.24) is 19.8 Å². The predicted octanol–water partition coefficient (Wildman–Crippen LogP) is 1.56. The third kappa shape index (κ3) is 6.09. The lowest BCUT2D eigenvalue weighted by atomic mass is 10.3. The van der Waals surface area contributed by atoms with E-state index in [0.29, 0.717) is 12.4 Å². The van der Waals surface area contributed by atoms with E-state index >= 15 is 0 Å². The van der Waals surface area contributed by atoms with Crippen LogP contribution in [-0.4, -0.2) is 66.3 Å². The number of rotatable bonds is 5. The standard InChI is InChI=1S/C20H28N6O2.HI/c1-16(28-17-7-5-4-6-8-17)15-23-20(21-2)26-13-11-25(12-14-26)18-19(27)24(3)10-9-22-18;/h4-10,16H,11-15H2,1-3H3,(H,21,23);1H. The molecule has 1 aromatic heterocycles. The molecule has 2 aromatic rings. The summed E-state index contributed by atoms with van der Waals surface area (Å²) < 4.78 is 7.47. The number of aryl methyl sites for hydroxylation is 1. The zero-order valence-electron chi connectivity index (χ0n) is 17.1. The number of guanidine groups is 1. The third-order valence-corrected chi connectivity index (χ3v) is 4.72. The second kappa shape index (κ2) is 11.0. The van der Waals surface area contributed by atoms with Crippen LogP contribution in [0.25, 0.3) is 0 Å². The highest BCUT2D eigenvalue weighted by molar-refractivity contribution is 14.0. The molecule has 1 fully saturated rings. The maximum atomic E-state index is 12.3. The monoisotopic (exact) mass is 512 g/mol. The molecule has 1 aliphatic rings. The topological polar surface area (TPSA) is 75.0 Å². The highest BCUT2D eigenvalue weighted by atomic mass is 127. The first-order valence-corrected chi connectivity index (χ1v) is 9.52. The Kier molecular flexibility index (Phi) is 8.74. The van der Waals surface area contributed by atoms with E-state index < -0.39 is 0 Å². The summed E-state index contributed by atoms with van der Waals surface area (Å²) in [4.78, 5) is 25.2. The predicted molar refractivity (Wildman–Crippen MR) is 127 cm³/mol. The number of nitrogens with one attached hydrogen (secondary N) is 1. The highest BCUT2D eigenvalue weighted by Crippen LogP contribution is 2.11. The van der Waals surface area contributed by atoms with Crippen molar-refractivity contribution in [3.05, 3.63) is 53.1 Å². The van der Waals surface area contributed by atoms with Crippen LogP contribution in [0, 0.1) is 0 Å². The van der Waals surface area contributed by atoms with Gasteiger partial charge in [0.15, 0.2) is 11.8 Å². The number of hydrogen-bond acceptors (Lipinski definition) is 5. The van der Waals surface area contributed by atoms with Gasteiger partial charge in [0.1, 0.15) is 11.9 Å². The van der Waals surface area contributed by atoms with Gasteiger partial charge >= 0.3 is 0 Å². The number of anilines is 1. The molecule has 0 aliphatic carbocycles. The van der Waals surface area contributed by atoms with E-state index in [1.807, 2.05) is 42.2 Å².